The maximum absolute atomic E-state index is 10.4. The molecule has 5 heteroatoms. The Morgan fingerprint density at radius 2 is 2.14 bits per heavy atom. The third-order valence-electron chi connectivity index (χ3n) is 3.98. The van der Waals surface area contributed by atoms with E-state index in [0.29, 0.717) is 17.6 Å². The quantitative estimate of drug-likeness (QED) is 0.915. The fraction of sp³-hybridized carbons (Fsp3) is 0.500. The van der Waals surface area contributed by atoms with Crippen molar-refractivity contribution in [2.24, 2.45) is 5.92 Å². The van der Waals surface area contributed by atoms with Gasteiger partial charge in [0.05, 0.1) is 12.0 Å². The van der Waals surface area contributed by atoms with Crippen molar-refractivity contribution >= 4 is 0 Å². The van der Waals surface area contributed by atoms with E-state index in [1.54, 1.807) is 0 Å². The van der Waals surface area contributed by atoms with Crippen molar-refractivity contribution in [2.75, 3.05) is 13.2 Å². The molecule has 1 aliphatic rings. The Balaban J connectivity index is 1.67. The van der Waals surface area contributed by atoms with Gasteiger partial charge in [0.1, 0.15) is 0 Å². The molecule has 1 N–H and O–H groups in total. The number of hydrogen-bond donors (Lipinski definition) is 1. The van der Waals surface area contributed by atoms with Crippen LogP contribution in [0.3, 0.4) is 0 Å². The number of benzene rings is 1. The summed E-state index contributed by atoms with van der Waals surface area (Å²) in [6.45, 7) is 3.48. The van der Waals surface area contributed by atoms with Crippen LogP contribution in [0.25, 0.3) is 0 Å². The average Bonchev–Trinajstić information content (AvgIpc) is 3.19. The van der Waals surface area contributed by atoms with Gasteiger partial charge in [0.25, 0.3) is 0 Å². The minimum atomic E-state index is -0.644. The second-order valence-corrected chi connectivity index (χ2v) is 5.63. The summed E-state index contributed by atoms with van der Waals surface area (Å²) >= 11 is 0. The van der Waals surface area contributed by atoms with E-state index in [-0.39, 0.29) is 5.92 Å². The smallest absolute Gasteiger partial charge is 0.232 e. The molecule has 0 radical (unpaired) electrons. The van der Waals surface area contributed by atoms with Crippen LogP contribution in [-0.4, -0.2) is 28.5 Å². The number of hydrogen-bond acceptors (Lipinski definition) is 5. The minimum Gasteiger partial charge on any atom is -0.388 e. The molecule has 2 aromatic rings. The van der Waals surface area contributed by atoms with E-state index < -0.39 is 6.10 Å². The van der Waals surface area contributed by atoms with Crippen LogP contribution in [0.2, 0.25) is 0 Å². The summed E-state index contributed by atoms with van der Waals surface area (Å²) in [6.07, 6.45) is 1.18. The summed E-state index contributed by atoms with van der Waals surface area (Å²) in [4.78, 5) is 4.43. The van der Waals surface area contributed by atoms with Crippen LogP contribution in [0, 0.1) is 5.92 Å². The van der Waals surface area contributed by atoms with Gasteiger partial charge in [-0.1, -0.05) is 42.4 Å². The molecule has 0 bridgehead atoms. The lowest BCUT2D eigenvalue weighted by atomic mass is 9.97. The first-order valence-corrected chi connectivity index (χ1v) is 7.37. The van der Waals surface area contributed by atoms with Crippen molar-refractivity contribution in [2.45, 2.75) is 31.8 Å². The number of rotatable bonds is 5. The largest absolute Gasteiger partial charge is 0.388 e. The van der Waals surface area contributed by atoms with Crippen LogP contribution in [-0.2, 0) is 11.2 Å². The van der Waals surface area contributed by atoms with Gasteiger partial charge < -0.3 is 14.4 Å². The highest BCUT2D eigenvalue weighted by atomic mass is 16.5. The lowest BCUT2D eigenvalue weighted by Crippen LogP contribution is -2.09. The number of aromatic nitrogens is 2. The molecule has 0 spiro atoms. The Bertz CT molecular complexity index is 564. The highest BCUT2D eigenvalue weighted by Gasteiger charge is 2.25. The van der Waals surface area contributed by atoms with Gasteiger partial charge in [-0.15, -0.1) is 0 Å². The molecule has 3 rings (SSSR count). The Labute approximate surface area is 123 Å². The number of nitrogens with zero attached hydrogens (tertiary/aromatic N) is 2. The number of aliphatic hydroxyl groups excluding tert-OH is 1. The maximum atomic E-state index is 10.4. The van der Waals surface area contributed by atoms with Crippen molar-refractivity contribution in [3.63, 3.8) is 0 Å². The van der Waals surface area contributed by atoms with Crippen LogP contribution in [0.5, 0.6) is 0 Å². The van der Waals surface area contributed by atoms with Crippen LogP contribution in [0.15, 0.2) is 34.9 Å². The molecule has 5 nitrogen and oxygen atoms in total. The van der Waals surface area contributed by atoms with Gasteiger partial charge in [0.15, 0.2) is 5.82 Å². The standard InChI is InChI=1S/C16H20N2O3/c1-11(15(19)13-5-3-2-4-6-13)16-17-14(18-21-16)9-12-7-8-20-10-12/h2-6,11-12,15,19H,7-10H2,1H3. The lowest BCUT2D eigenvalue weighted by Gasteiger charge is -2.15. The summed E-state index contributed by atoms with van der Waals surface area (Å²) in [5, 5.41) is 14.4. The molecule has 0 amide bonds. The maximum Gasteiger partial charge on any atom is 0.232 e. The number of ether oxygens (including phenoxy) is 1. The first kappa shape index (κ1) is 14.2. The Morgan fingerprint density at radius 3 is 2.86 bits per heavy atom. The van der Waals surface area contributed by atoms with E-state index in [0.717, 1.165) is 31.6 Å². The number of aliphatic hydroxyl groups is 1. The summed E-state index contributed by atoms with van der Waals surface area (Å²) < 4.78 is 10.7. The molecule has 21 heavy (non-hydrogen) atoms. The first-order valence-electron chi connectivity index (χ1n) is 7.37. The Kier molecular flexibility index (Phi) is 4.31. The zero-order chi connectivity index (χ0) is 14.7. The van der Waals surface area contributed by atoms with Gasteiger partial charge in [-0.2, -0.15) is 4.98 Å². The molecule has 1 saturated heterocycles. The van der Waals surface area contributed by atoms with E-state index in [1.807, 2.05) is 37.3 Å². The van der Waals surface area contributed by atoms with Crippen LogP contribution in [0.1, 0.15) is 42.6 Å². The van der Waals surface area contributed by atoms with Crippen LogP contribution >= 0.6 is 0 Å². The van der Waals surface area contributed by atoms with E-state index in [9.17, 15) is 5.11 Å². The molecule has 112 valence electrons. The van der Waals surface area contributed by atoms with Gasteiger partial charge in [-0.3, -0.25) is 0 Å². The molecule has 1 aliphatic heterocycles. The van der Waals surface area contributed by atoms with E-state index in [1.165, 1.54) is 0 Å². The zero-order valence-corrected chi connectivity index (χ0v) is 12.1. The Morgan fingerprint density at radius 1 is 1.33 bits per heavy atom. The van der Waals surface area contributed by atoms with Crippen molar-refractivity contribution in [3.8, 4) is 0 Å². The Hall–Kier alpha value is -1.72. The van der Waals surface area contributed by atoms with Crippen LogP contribution in [0.4, 0.5) is 0 Å². The second-order valence-electron chi connectivity index (χ2n) is 5.63. The molecular weight excluding hydrogens is 268 g/mol. The van der Waals surface area contributed by atoms with Gasteiger partial charge >= 0.3 is 0 Å². The second kappa shape index (κ2) is 6.37. The fourth-order valence-electron chi connectivity index (χ4n) is 2.61. The van der Waals surface area contributed by atoms with Crippen molar-refractivity contribution in [3.05, 3.63) is 47.6 Å². The van der Waals surface area contributed by atoms with Gasteiger partial charge in [-0.25, -0.2) is 0 Å². The fourth-order valence-corrected chi connectivity index (χ4v) is 2.61. The van der Waals surface area contributed by atoms with Crippen molar-refractivity contribution in [1.29, 1.82) is 0 Å². The predicted molar refractivity (Wildman–Crippen MR) is 76.7 cm³/mol. The summed E-state index contributed by atoms with van der Waals surface area (Å²) in [5.74, 6) is 1.44. The zero-order valence-electron chi connectivity index (χ0n) is 12.1. The first-order chi connectivity index (χ1) is 10.2. The molecule has 1 aromatic heterocycles. The SMILES string of the molecule is CC(c1nc(CC2CCOC2)no1)C(O)c1ccccc1. The summed E-state index contributed by atoms with van der Waals surface area (Å²) in [6, 6.07) is 9.53. The molecule has 1 fully saturated rings. The highest BCUT2D eigenvalue weighted by molar-refractivity contribution is 5.20. The lowest BCUT2D eigenvalue weighted by molar-refractivity contribution is 0.135. The molecule has 3 unspecified atom stereocenters. The molecule has 0 aliphatic carbocycles. The summed E-state index contributed by atoms with van der Waals surface area (Å²) in [5.41, 5.74) is 0.856. The predicted octanol–water partition coefficient (Wildman–Crippen LogP) is 2.49. The topological polar surface area (TPSA) is 68.4 Å². The van der Waals surface area contributed by atoms with Crippen LogP contribution < -0.4 is 0 Å². The van der Waals surface area contributed by atoms with Gasteiger partial charge in [0.2, 0.25) is 5.89 Å². The van der Waals surface area contributed by atoms with Gasteiger partial charge in [0, 0.05) is 19.6 Å². The molecule has 3 atom stereocenters. The monoisotopic (exact) mass is 288 g/mol. The molecule has 2 heterocycles. The summed E-state index contributed by atoms with van der Waals surface area (Å²) in [7, 11) is 0. The molecule has 0 saturated carbocycles. The van der Waals surface area contributed by atoms with Gasteiger partial charge in [-0.05, 0) is 17.9 Å². The average molecular weight is 288 g/mol. The third kappa shape index (κ3) is 3.31. The highest BCUT2D eigenvalue weighted by Crippen LogP contribution is 2.29. The van der Waals surface area contributed by atoms with Crippen molar-refractivity contribution in [1.82, 2.24) is 10.1 Å². The third-order valence-corrected chi connectivity index (χ3v) is 3.98. The van der Waals surface area contributed by atoms with E-state index in [4.69, 9.17) is 9.26 Å². The molecule has 1 aromatic carbocycles. The van der Waals surface area contributed by atoms with E-state index in [2.05, 4.69) is 10.1 Å². The molecular formula is C16H20N2O3. The minimum absolute atomic E-state index is 0.228. The normalized spacial score (nSPS) is 21.3. The van der Waals surface area contributed by atoms with E-state index >= 15 is 0 Å². The van der Waals surface area contributed by atoms with Crippen molar-refractivity contribution < 1.29 is 14.4 Å².